The van der Waals surface area contributed by atoms with Gasteiger partial charge in [0.15, 0.2) is 11.6 Å². The van der Waals surface area contributed by atoms with E-state index >= 15 is 8.78 Å². The maximum Gasteiger partial charge on any atom is 0.511 e. The number of pyridine rings is 1. The van der Waals surface area contributed by atoms with Crippen LogP contribution in [-0.4, -0.2) is 34.5 Å². The first-order valence-corrected chi connectivity index (χ1v) is 9.66. The molecule has 7 nitrogen and oxygen atoms in total. The SMILES string of the molecule is NC12C=CC=CC1CN(c1c(F)cc3c(=O)c(OC(=O)O)cn(C4CC4)c3c1F)C2. The largest absolute Gasteiger partial charge is 0.511 e. The van der Waals surface area contributed by atoms with E-state index in [-0.39, 0.29) is 35.1 Å². The Kier molecular flexibility index (Phi) is 4.01. The van der Waals surface area contributed by atoms with Crippen molar-refractivity contribution < 1.29 is 23.4 Å². The van der Waals surface area contributed by atoms with Crippen LogP contribution in [0.3, 0.4) is 0 Å². The lowest BCUT2D eigenvalue weighted by Crippen LogP contribution is -2.46. The van der Waals surface area contributed by atoms with Gasteiger partial charge in [0, 0.05) is 25.0 Å². The van der Waals surface area contributed by atoms with Gasteiger partial charge in [0.1, 0.15) is 11.5 Å². The number of hydrogen-bond donors (Lipinski definition) is 2. The average molecular weight is 415 g/mol. The van der Waals surface area contributed by atoms with Crippen LogP contribution in [-0.2, 0) is 0 Å². The lowest BCUT2D eigenvalue weighted by atomic mass is 9.85. The van der Waals surface area contributed by atoms with E-state index in [9.17, 15) is 9.59 Å². The highest BCUT2D eigenvalue weighted by atomic mass is 19.1. The van der Waals surface area contributed by atoms with Crippen molar-refractivity contribution in [2.24, 2.45) is 11.7 Å². The second-order valence-corrected chi connectivity index (χ2v) is 8.09. The zero-order valence-electron chi connectivity index (χ0n) is 15.8. The molecule has 1 aliphatic heterocycles. The van der Waals surface area contributed by atoms with Gasteiger partial charge < -0.3 is 25.0 Å². The number of anilines is 1. The smallest absolute Gasteiger partial charge is 0.449 e. The number of fused-ring (bicyclic) bond motifs is 2. The summed E-state index contributed by atoms with van der Waals surface area (Å²) < 4.78 is 36.9. The van der Waals surface area contributed by atoms with Crippen LogP contribution in [0.2, 0.25) is 0 Å². The predicted molar refractivity (Wildman–Crippen MR) is 106 cm³/mol. The number of nitrogens with zero attached hydrogens (tertiary/aromatic N) is 2. The molecule has 2 aliphatic carbocycles. The van der Waals surface area contributed by atoms with E-state index < -0.39 is 34.5 Å². The third-order valence-corrected chi connectivity index (χ3v) is 6.04. The van der Waals surface area contributed by atoms with Gasteiger partial charge in [-0.1, -0.05) is 24.3 Å². The summed E-state index contributed by atoms with van der Waals surface area (Å²) in [6, 6.07) is 0.852. The van der Waals surface area contributed by atoms with Gasteiger partial charge in [-0.3, -0.25) is 4.79 Å². The molecule has 9 heteroatoms. The first-order valence-electron chi connectivity index (χ1n) is 9.66. The summed E-state index contributed by atoms with van der Waals surface area (Å²) in [7, 11) is 0. The second kappa shape index (κ2) is 6.40. The fraction of sp³-hybridized carbons (Fsp3) is 0.333. The Morgan fingerprint density at radius 2 is 2.07 bits per heavy atom. The van der Waals surface area contributed by atoms with Crippen molar-refractivity contribution >= 4 is 22.7 Å². The summed E-state index contributed by atoms with van der Waals surface area (Å²) in [5.74, 6) is -2.32. The van der Waals surface area contributed by atoms with Gasteiger partial charge in [-0.05, 0) is 18.9 Å². The third-order valence-electron chi connectivity index (χ3n) is 6.04. The van der Waals surface area contributed by atoms with Crippen molar-refractivity contribution in [3.63, 3.8) is 0 Å². The van der Waals surface area contributed by atoms with Crippen molar-refractivity contribution in [2.45, 2.75) is 24.4 Å². The maximum absolute atomic E-state index is 15.7. The lowest BCUT2D eigenvalue weighted by Gasteiger charge is -2.27. The molecule has 0 radical (unpaired) electrons. The van der Waals surface area contributed by atoms with E-state index in [0.29, 0.717) is 6.54 Å². The molecule has 1 saturated carbocycles. The molecule has 3 aliphatic rings. The van der Waals surface area contributed by atoms with Crippen molar-refractivity contribution in [3.8, 4) is 5.75 Å². The number of hydrogen-bond acceptors (Lipinski definition) is 5. The zero-order chi connectivity index (χ0) is 21.2. The van der Waals surface area contributed by atoms with Gasteiger partial charge in [0.25, 0.3) is 0 Å². The first kappa shape index (κ1) is 18.8. The summed E-state index contributed by atoms with van der Waals surface area (Å²) in [4.78, 5) is 25.2. The number of benzene rings is 1. The fourth-order valence-electron chi connectivity index (χ4n) is 4.44. The Bertz CT molecular complexity index is 1200. The zero-order valence-corrected chi connectivity index (χ0v) is 15.8. The summed E-state index contributed by atoms with van der Waals surface area (Å²) in [5.41, 5.74) is 4.55. The van der Waals surface area contributed by atoms with E-state index in [2.05, 4.69) is 4.74 Å². The van der Waals surface area contributed by atoms with E-state index in [0.717, 1.165) is 18.9 Å². The number of allylic oxidation sites excluding steroid dienone is 2. The fourth-order valence-corrected chi connectivity index (χ4v) is 4.44. The van der Waals surface area contributed by atoms with E-state index in [1.165, 1.54) is 10.8 Å². The lowest BCUT2D eigenvalue weighted by molar-refractivity contribution is 0.143. The molecule has 0 spiro atoms. The second-order valence-electron chi connectivity index (χ2n) is 8.09. The average Bonchev–Trinajstić information content (AvgIpc) is 3.45. The molecule has 1 aromatic heterocycles. The van der Waals surface area contributed by atoms with Crippen LogP contribution in [0.15, 0.2) is 41.4 Å². The Labute approximate surface area is 169 Å². The normalized spacial score (nSPS) is 25.0. The Balaban J connectivity index is 1.69. The van der Waals surface area contributed by atoms with Gasteiger partial charge in [0.05, 0.1) is 22.6 Å². The number of halogens is 2. The molecule has 5 rings (SSSR count). The molecule has 2 unspecified atom stereocenters. The molecular weight excluding hydrogens is 396 g/mol. The number of carboxylic acid groups (broad SMARTS) is 1. The van der Waals surface area contributed by atoms with Crippen LogP contribution in [0.4, 0.5) is 19.3 Å². The van der Waals surface area contributed by atoms with Crippen LogP contribution in [0, 0.1) is 17.6 Å². The molecule has 2 atom stereocenters. The molecule has 30 heavy (non-hydrogen) atoms. The van der Waals surface area contributed by atoms with E-state index in [1.54, 1.807) is 4.90 Å². The number of aromatic nitrogens is 1. The topological polar surface area (TPSA) is 97.8 Å². The van der Waals surface area contributed by atoms with Gasteiger partial charge in [-0.2, -0.15) is 0 Å². The molecule has 2 heterocycles. The van der Waals surface area contributed by atoms with Crippen LogP contribution in [0.5, 0.6) is 5.75 Å². The van der Waals surface area contributed by atoms with Gasteiger partial charge in [-0.15, -0.1) is 0 Å². The summed E-state index contributed by atoms with van der Waals surface area (Å²) >= 11 is 0. The number of rotatable bonds is 3. The van der Waals surface area contributed by atoms with Crippen molar-refractivity contribution in [1.29, 1.82) is 0 Å². The molecule has 0 bridgehead atoms. The molecule has 3 N–H and O–H groups in total. The van der Waals surface area contributed by atoms with Crippen LogP contribution < -0.4 is 20.8 Å². The Morgan fingerprint density at radius 1 is 1.30 bits per heavy atom. The molecule has 2 aromatic rings. The third kappa shape index (κ3) is 2.80. The van der Waals surface area contributed by atoms with Crippen molar-refractivity contribution in [3.05, 3.63) is 58.4 Å². The summed E-state index contributed by atoms with van der Waals surface area (Å²) in [6.45, 7) is 0.566. The first-order chi connectivity index (χ1) is 14.3. The number of nitrogens with two attached hydrogens (primary N) is 1. The van der Waals surface area contributed by atoms with Crippen molar-refractivity contribution in [2.75, 3.05) is 18.0 Å². The standard InChI is InChI=1S/C21H19F2N3O4/c22-14-7-13-17(26(12-4-5-12)9-15(19(13)27)30-20(28)29)16(23)18(14)25-8-11-3-1-2-6-21(11,24)10-25/h1-3,6-7,9,11-12H,4-5,8,10,24H2,(H,28,29). The minimum absolute atomic E-state index is 0.0522. The molecule has 156 valence electrons. The highest BCUT2D eigenvalue weighted by Gasteiger charge is 2.43. The maximum atomic E-state index is 15.7. The minimum Gasteiger partial charge on any atom is -0.449 e. The minimum atomic E-state index is -1.67. The number of ether oxygens (including phenoxy) is 1. The molecule has 2 fully saturated rings. The van der Waals surface area contributed by atoms with Gasteiger partial charge >= 0.3 is 6.16 Å². The summed E-state index contributed by atoms with van der Waals surface area (Å²) in [6.07, 6.45) is 8.45. The van der Waals surface area contributed by atoms with Gasteiger partial charge in [-0.25, -0.2) is 13.6 Å². The predicted octanol–water partition coefficient (Wildman–Crippen LogP) is 2.93. The van der Waals surface area contributed by atoms with Gasteiger partial charge in [0.2, 0.25) is 5.43 Å². The molecule has 0 amide bonds. The number of carbonyl (C=O) groups is 1. The van der Waals surface area contributed by atoms with Crippen LogP contribution >= 0.6 is 0 Å². The highest BCUT2D eigenvalue weighted by Crippen LogP contribution is 2.42. The summed E-state index contributed by atoms with van der Waals surface area (Å²) in [5, 5.41) is 8.63. The van der Waals surface area contributed by atoms with Crippen molar-refractivity contribution in [1.82, 2.24) is 4.57 Å². The Morgan fingerprint density at radius 3 is 2.73 bits per heavy atom. The monoisotopic (exact) mass is 415 g/mol. The Hall–Kier alpha value is -3.20. The molecule has 1 aromatic carbocycles. The van der Waals surface area contributed by atoms with E-state index in [1.807, 2.05) is 24.3 Å². The van der Waals surface area contributed by atoms with Crippen LogP contribution in [0.25, 0.3) is 10.9 Å². The molecular formula is C21H19F2N3O4. The quantitative estimate of drug-likeness (QED) is 0.748. The molecule has 1 saturated heterocycles. The highest BCUT2D eigenvalue weighted by molar-refractivity contribution is 5.86. The van der Waals surface area contributed by atoms with Crippen LogP contribution in [0.1, 0.15) is 18.9 Å². The van der Waals surface area contributed by atoms with E-state index in [4.69, 9.17) is 10.8 Å².